The van der Waals surface area contributed by atoms with Crippen LogP contribution < -0.4 is 0 Å². The highest BCUT2D eigenvalue weighted by molar-refractivity contribution is 5.92. The van der Waals surface area contributed by atoms with Gasteiger partial charge < -0.3 is 9.47 Å². The molecule has 0 bridgehead atoms. The van der Waals surface area contributed by atoms with Gasteiger partial charge in [-0.15, -0.1) is 0 Å². The molecule has 0 saturated carbocycles. The predicted octanol–water partition coefficient (Wildman–Crippen LogP) is 3.13. The summed E-state index contributed by atoms with van der Waals surface area (Å²) in [6, 6.07) is 0. The molecule has 4 heteroatoms. The van der Waals surface area contributed by atoms with Crippen LogP contribution in [0, 0.1) is 5.92 Å². The Kier molecular flexibility index (Phi) is 5.33. The third-order valence-electron chi connectivity index (χ3n) is 3.16. The van der Waals surface area contributed by atoms with Crippen molar-refractivity contribution in [2.24, 2.45) is 5.92 Å². The first-order valence-corrected chi connectivity index (χ1v) is 6.56. The zero-order chi connectivity index (χ0) is 14.6. The summed E-state index contributed by atoms with van der Waals surface area (Å²) in [5, 5.41) is 0. The summed E-state index contributed by atoms with van der Waals surface area (Å²) in [6.07, 6.45) is 3.66. The highest BCUT2D eigenvalue weighted by Gasteiger charge is 2.38. The first-order valence-electron chi connectivity index (χ1n) is 6.56. The van der Waals surface area contributed by atoms with Gasteiger partial charge in [-0.25, -0.2) is 4.79 Å². The van der Waals surface area contributed by atoms with Crippen LogP contribution in [0.1, 0.15) is 47.5 Å². The second-order valence-corrected chi connectivity index (χ2v) is 5.14. The summed E-state index contributed by atoms with van der Waals surface area (Å²) in [4.78, 5) is 22.8. The maximum absolute atomic E-state index is 11.8. The molecule has 1 rings (SSSR count). The molecule has 19 heavy (non-hydrogen) atoms. The molecule has 1 fully saturated rings. The van der Waals surface area contributed by atoms with Gasteiger partial charge in [0.2, 0.25) is 0 Å². The van der Waals surface area contributed by atoms with E-state index in [1.807, 2.05) is 20.8 Å². The Labute approximate surface area is 114 Å². The van der Waals surface area contributed by atoms with Gasteiger partial charge in [-0.05, 0) is 40.5 Å². The zero-order valence-corrected chi connectivity index (χ0v) is 12.3. The van der Waals surface area contributed by atoms with Crippen molar-refractivity contribution in [1.29, 1.82) is 0 Å². The van der Waals surface area contributed by atoms with Crippen LogP contribution in [0.4, 0.5) is 0 Å². The molecule has 1 saturated heterocycles. The number of hydrogen-bond acceptors (Lipinski definition) is 4. The number of carbonyl (C=O) groups is 2. The summed E-state index contributed by atoms with van der Waals surface area (Å²) in [6.45, 7) is 8.93. The fourth-order valence-corrected chi connectivity index (χ4v) is 2.31. The van der Waals surface area contributed by atoms with Crippen molar-refractivity contribution in [2.75, 3.05) is 0 Å². The van der Waals surface area contributed by atoms with E-state index >= 15 is 0 Å². The maximum atomic E-state index is 11.8. The Morgan fingerprint density at radius 3 is 2.47 bits per heavy atom. The third kappa shape index (κ3) is 4.23. The van der Waals surface area contributed by atoms with Crippen molar-refractivity contribution < 1.29 is 19.1 Å². The molecule has 106 valence electrons. The van der Waals surface area contributed by atoms with E-state index in [9.17, 15) is 9.59 Å². The van der Waals surface area contributed by atoms with Gasteiger partial charge in [0.05, 0.1) is 5.57 Å². The van der Waals surface area contributed by atoms with E-state index < -0.39 is 5.97 Å². The summed E-state index contributed by atoms with van der Waals surface area (Å²) in [5.41, 5.74) is 1.75. The zero-order valence-electron chi connectivity index (χ0n) is 12.3. The molecule has 0 amide bonds. The second kappa shape index (κ2) is 6.55. The highest BCUT2D eigenvalue weighted by atomic mass is 16.6. The minimum absolute atomic E-state index is 0.0116. The molecule has 0 radical (unpaired) electrons. The van der Waals surface area contributed by atoms with Gasteiger partial charge in [0.15, 0.2) is 0 Å². The van der Waals surface area contributed by atoms with Crippen LogP contribution in [0.25, 0.3) is 0 Å². The van der Waals surface area contributed by atoms with E-state index in [1.54, 1.807) is 6.92 Å². The van der Waals surface area contributed by atoms with Gasteiger partial charge in [0, 0.05) is 12.8 Å². The minimum Gasteiger partial charge on any atom is -0.459 e. The van der Waals surface area contributed by atoms with E-state index in [4.69, 9.17) is 9.47 Å². The molecule has 0 aliphatic carbocycles. The van der Waals surface area contributed by atoms with Crippen molar-refractivity contribution in [1.82, 2.24) is 0 Å². The monoisotopic (exact) mass is 266 g/mol. The number of cyclic esters (lactones) is 1. The van der Waals surface area contributed by atoms with Crippen molar-refractivity contribution in [3.63, 3.8) is 0 Å². The van der Waals surface area contributed by atoms with Crippen molar-refractivity contribution in [3.05, 3.63) is 23.0 Å². The van der Waals surface area contributed by atoms with Crippen LogP contribution in [0.15, 0.2) is 23.0 Å². The number of rotatable bonds is 4. The second-order valence-electron chi connectivity index (χ2n) is 5.14. The van der Waals surface area contributed by atoms with Crippen LogP contribution >= 0.6 is 0 Å². The quantitative estimate of drug-likeness (QED) is 0.339. The van der Waals surface area contributed by atoms with E-state index in [-0.39, 0.29) is 18.0 Å². The Bertz CT molecular complexity index is 427. The van der Waals surface area contributed by atoms with E-state index in [1.165, 1.54) is 12.5 Å². The molecule has 1 aliphatic heterocycles. The molecule has 0 N–H and O–H groups in total. The maximum Gasteiger partial charge on any atom is 0.338 e. The lowest BCUT2D eigenvalue weighted by molar-refractivity contribution is -0.139. The van der Waals surface area contributed by atoms with Gasteiger partial charge in [0.25, 0.3) is 0 Å². The lowest BCUT2D eigenvalue weighted by atomic mass is 9.91. The van der Waals surface area contributed by atoms with Crippen LogP contribution in [0.2, 0.25) is 0 Å². The molecule has 0 unspecified atom stereocenters. The summed E-state index contributed by atoms with van der Waals surface area (Å²) < 4.78 is 10.3. The SMILES string of the molecule is CC(=O)O/C(C)=C1\C(=O)O[C@H](C)[C@H]1CCC=C(C)C. The Hall–Kier alpha value is -1.58. The summed E-state index contributed by atoms with van der Waals surface area (Å²) in [7, 11) is 0. The first kappa shape index (κ1) is 15.5. The first-order chi connectivity index (χ1) is 8.82. The van der Waals surface area contributed by atoms with Crippen molar-refractivity contribution >= 4 is 11.9 Å². The molecule has 0 aromatic heterocycles. The van der Waals surface area contributed by atoms with Gasteiger partial charge in [-0.1, -0.05) is 11.6 Å². The van der Waals surface area contributed by atoms with E-state index in [2.05, 4.69) is 6.08 Å². The molecule has 1 aliphatic rings. The fourth-order valence-electron chi connectivity index (χ4n) is 2.31. The molecule has 2 atom stereocenters. The number of allylic oxidation sites excluding steroid dienone is 3. The highest BCUT2D eigenvalue weighted by Crippen LogP contribution is 2.34. The molecule has 1 heterocycles. The van der Waals surface area contributed by atoms with Gasteiger partial charge in [0.1, 0.15) is 11.9 Å². The fraction of sp³-hybridized carbons (Fsp3) is 0.600. The topological polar surface area (TPSA) is 52.6 Å². The lowest BCUT2D eigenvalue weighted by Gasteiger charge is -2.14. The smallest absolute Gasteiger partial charge is 0.338 e. The summed E-state index contributed by atoms with van der Waals surface area (Å²) in [5.74, 6) is -0.430. The Balaban J connectivity index is 2.88. The third-order valence-corrected chi connectivity index (χ3v) is 3.16. The largest absolute Gasteiger partial charge is 0.459 e. The number of hydrogen-bond donors (Lipinski definition) is 0. The molecule has 0 aromatic rings. The van der Waals surface area contributed by atoms with E-state index in [0.717, 1.165) is 12.8 Å². The average Bonchev–Trinajstić information content (AvgIpc) is 2.52. The van der Waals surface area contributed by atoms with Gasteiger partial charge >= 0.3 is 11.9 Å². The predicted molar refractivity (Wildman–Crippen MR) is 72.2 cm³/mol. The molecule has 0 aromatic carbocycles. The van der Waals surface area contributed by atoms with E-state index in [0.29, 0.717) is 11.3 Å². The normalized spacial score (nSPS) is 24.8. The van der Waals surface area contributed by atoms with Gasteiger partial charge in [-0.3, -0.25) is 4.79 Å². The number of ether oxygens (including phenoxy) is 2. The van der Waals surface area contributed by atoms with Gasteiger partial charge in [-0.2, -0.15) is 0 Å². The molecular weight excluding hydrogens is 244 g/mol. The van der Waals surface area contributed by atoms with Crippen LogP contribution in [-0.4, -0.2) is 18.0 Å². The number of esters is 2. The lowest BCUT2D eigenvalue weighted by Crippen LogP contribution is -2.14. The van der Waals surface area contributed by atoms with Crippen molar-refractivity contribution in [3.8, 4) is 0 Å². The molecule has 4 nitrogen and oxygen atoms in total. The molecule has 0 spiro atoms. The van der Waals surface area contributed by atoms with Crippen LogP contribution in [0.5, 0.6) is 0 Å². The Morgan fingerprint density at radius 2 is 1.95 bits per heavy atom. The summed E-state index contributed by atoms with van der Waals surface area (Å²) >= 11 is 0. The number of carbonyl (C=O) groups excluding carboxylic acids is 2. The Morgan fingerprint density at radius 1 is 1.32 bits per heavy atom. The van der Waals surface area contributed by atoms with Crippen LogP contribution in [-0.2, 0) is 19.1 Å². The standard InChI is InChI=1S/C15H22O4/c1-9(2)7-6-8-13-10(3)19-15(17)14(13)11(4)18-12(5)16/h7,10,13H,6,8H2,1-5H3/b14-11-/t10-,13-/m1/s1. The average molecular weight is 266 g/mol. The minimum atomic E-state index is -0.416. The molecular formula is C15H22O4. The van der Waals surface area contributed by atoms with Crippen LogP contribution in [0.3, 0.4) is 0 Å². The van der Waals surface area contributed by atoms with Crippen molar-refractivity contribution in [2.45, 2.75) is 53.6 Å².